The minimum Gasteiger partial charge on any atom is -0.378 e. The molecule has 2 aromatic rings. The van der Waals surface area contributed by atoms with Crippen LogP contribution in [0.1, 0.15) is 30.7 Å². The van der Waals surface area contributed by atoms with Crippen molar-refractivity contribution < 1.29 is 18.3 Å². The maximum atomic E-state index is 12.6. The fourth-order valence-corrected chi connectivity index (χ4v) is 2.28. The van der Waals surface area contributed by atoms with Crippen molar-refractivity contribution in [3.63, 3.8) is 0 Å². The van der Waals surface area contributed by atoms with Crippen molar-refractivity contribution in [3.05, 3.63) is 65.5 Å². The molecule has 112 valence electrons. The first-order chi connectivity index (χ1) is 9.76. The largest absolute Gasteiger partial charge is 0.416 e. The second-order valence-corrected chi connectivity index (χ2v) is 5.21. The van der Waals surface area contributed by atoms with Gasteiger partial charge in [0, 0.05) is 6.20 Å². The van der Waals surface area contributed by atoms with Gasteiger partial charge in [-0.05, 0) is 35.7 Å². The van der Waals surface area contributed by atoms with Crippen LogP contribution in [0, 0.1) is 5.92 Å². The molecular weight excluding hydrogens is 279 g/mol. The fourth-order valence-electron chi connectivity index (χ4n) is 2.28. The van der Waals surface area contributed by atoms with Gasteiger partial charge in [0.2, 0.25) is 0 Å². The summed E-state index contributed by atoms with van der Waals surface area (Å²) in [5, 5.41) is 11.0. The van der Waals surface area contributed by atoms with Crippen molar-refractivity contribution >= 4 is 0 Å². The van der Waals surface area contributed by atoms with E-state index in [4.69, 9.17) is 0 Å². The highest BCUT2D eigenvalue weighted by molar-refractivity contribution is 5.35. The van der Waals surface area contributed by atoms with Crippen LogP contribution < -0.4 is 0 Å². The predicted octanol–water partition coefficient (Wildman–Crippen LogP) is 3.99. The molecule has 0 saturated carbocycles. The molecule has 0 bridgehead atoms. The van der Waals surface area contributed by atoms with E-state index in [0.717, 1.165) is 12.1 Å². The monoisotopic (exact) mass is 295 g/mol. The number of aromatic nitrogens is 1. The third-order valence-corrected chi connectivity index (χ3v) is 3.54. The van der Waals surface area contributed by atoms with E-state index >= 15 is 0 Å². The molecule has 2 nitrogen and oxygen atoms in total. The van der Waals surface area contributed by atoms with Crippen LogP contribution in [0.5, 0.6) is 0 Å². The lowest BCUT2D eigenvalue weighted by Gasteiger charge is -2.32. The molecule has 1 aromatic carbocycles. The topological polar surface area (TPSA) is 33.1 Å². The first-order valence-corrected chi connectivity index (χ1v) is 6.58. The van der Waals surface area contributed by atoms with Crippen LogP contribution in [0.4, 0.5) is 13.2 Å². The lowest BCUT2D eigenvalue weighted by molar-refractivity contribution is -0.137. The van der Waals surface area contributed by atoms with Crippen LogP contribution in [0.3, 0.4) is 0 Å². The molecule has 0 radical (unpaired) electrons. The van der Waals surface area contributed by atoms with Crippen molar-refractivity contribution in [3.8, 4) is 0 Å². The standard InChI is InChI=1S/C16H16F3NO/c1-11(2)15(21,14-5-3-4-10-20-14)12-6-8-13(9-7-12)16(17,18)19/h3-11,21H,1-2H3. The number of alkyl halides is 3. The second-order valence-electron chi connectivity index (χ2n) is 5.21. The van der Waals surface area contributed by atoms with Gasteiger partial charge in [0.05, 0.1) is 11.3 Å². The molecule has 5 heteroatoms. The number of aliphatic hydroxyl groups is 1. The molecule has 0 aliphatic rings. The van der Waals surface area contributed by atoms with E-state index in [1.165, 1.54) is 12.1 Å². The Labute approximate surface area is 121 Å². The molecule has 2 rings (SSSR count). The Bertz CT molecular complexity index is 593. The molecule has 0 saturated heterocycles. The Morgan fingerprint density at radius 1 is 0.952 bits per heavy atom. The van der Waals surface area contributed by atoms with E-state index in [1.807, 2.05) is 0 Å². The maximum absolute atomic E-state index is 12.6. The van der Waals surface area contributed by atoms with Crippen molar-refractivity contribution in [2.75, 3.05) is 0 Å². The first kappa shape index (κ1) is 15.5. The third kappa shape index (κ3) is 2.93. The Hall–Kier alpha value is -1.88. The van der Waals surface area contributed by atoms with Crippen LogP contribution in [-0.4, -0.2) is 10.1 Å². The van der Waals surface area contributed by atoms with Crippen LogP contribution in [0.25, 0.3) is 0 Å². The lowest BCUT2D eigenvalue weighted by Crippen LogP contribution is -2.34. The third-order valence-electron chi connectivity index (χ3n) is 3.54. The number of pyridine rings is 1. The number of rotatable bonds is 3. The fraction of sp³-hybridized carbons (Fsp3) is 0.312. The van der Waals surface area contributed by atoms with Crippen molar-refractivity contribution in [1.82, 2.24) is 4.98 Å². The van der Waals surface area contributed by atoms with Gasteiger partial charge in [-0.3, -0.25) is 4.98 Å². The van der Waals surface area contributed by atoms with E-state index < -0.39 is 17.3 Å². The molecule has 0 fully saturated rings. The van der Waals surface area contributed by atoms with Gasteiger partial charge >= 0.3 is 6.18 Å². The van der Waals surface area contributed by atoms with E-state index in [0.29, 0.717) is 11.3 Å². The van der Waals surface area contributed by atoms with Gasteiger partial charge < -0.3 is 5.11 Å². The Balaban J connectivity index is 2.49. The highest BCUT2D eigenvalue weighted by Crippen LogP contribution is 2.37. The smallest absolute Gasteiger partial charge is 0.378 e. The normalized spacial score (nSPS) is 15.0. The highest BCUT2D eigenvalue weighted by atomic mass is 19.4. The molecule has 1 unspecified atom stereocenters. The van der Waals surface area contributed by atoms with Crippen LogP contribution in [0.2, 0.25) is 0 Å². The van der Waals surface area contributed by atoms with E-state index in [9.17, 15) is 18.3 Å². The summed E-state index contributed by atoms with van der Waals surface area (Å²) in [5.41, 5.74) is -1.35. The zero-order valence-corrected chi connectivity index (χ0v) is 11.7. The molecule has 0 amide bonds. The Morgan fingerprint density at radius 2 is 1.52 bits per heavy atom. The van der Waals surface area contributed by atoms with Crippen molar-refractivity contribution in [2.45, 2.75) is 25.6 Å². The molecule has 1 heterocycles. The Kier molecular flexibility index (Phi) is 4.05. The van der Waals surface area contributed by atoms with Gasteiger partial charge in [0.15, 0.2) is 0 Å². The summed E-state index contributed by atoms with van der Waals surface area (Å²) < 4.78 is 37.9. The Morgan fingerprint density at radius 3 is 1.95 bits per heavy atom. The number of hydrogen-bond donors (Lipinski definition) is 1. The molecule has 1 aromatic heterocycles. The van der Waals surface area contributed by atoms with Gasteiger partial charge in [-0.15, -0.1) is 0 Å². The zero-order chi connectivity index (χ0) is 15.7. The summed E-state index contributed by atoms with van der Waals surface area (Å²) >= 11 is 0. The van der Waals surface area contributed by atoms with Crippen LogP contribution >= 0.6 is 0 Å². The number of halogens is 3. The summed E-state index contributed by atoms with van der Waals surface area (Å²) in [6.07, 6.45) is -2.84. The maximum Gasteiger partial charge on any atom is 0.416 e. The predicted molar refractivity (Wildman–Crippen MR) is 73.5 cm³/mol. The van der Waals surface area contributed by atoms with Gasteiger partial charge in [-0.25, -0.2) is 0 Å². The number of benzene rings is 1. The van der Waals surface area contributed by atoms with Crippen LogP contribution in [-0.2, 0) is 11.8 Å². The van der Waals surface area contributed by atoms with E-state index in [2.05, 4.69) is 4.98 Å². The average Bonchev–Trinajstić information content (AvgIpc) is 2.46. The van der Waals surface area contributed by atoms with E-state index in [-0.39, 0.29) is 5.92 Å². The molecule has 0 spiro atoms. The molecule has 0 aliphatic heterocycles. The first-order valence-electron chi connectivity index (χ1n) is 6.58. The summed E-state index contributed by atoms with van der Waals surface area (Å²) in [6.45, 7) is 3.60. The average molecular weight is 295 g/mol. The van der Waals surface area contributed by atoms with Crippen LogP contribution in [0.15, 0.2) is 48.7 Å². The number of hydrogen-bond acceptors (Lipinski definition) is 2. The summed E-state index contributed by atoms with van der Waals surface area (Å²) in [7, 11) is 0. The van der Waals surface area contributed by atoms with Gasteiger partial charge in [-0.1, -0.05) is 32.0 Å². The van der Waals surface area contributed by atoms with Gasteiger partial charge in [-0.2, -0.15) is 13.2 Å². The van der Waals surface area contributed by atoms with E-state index in [1.54, 1.807) is 38.2 Å². The summed E-state index contributed by atoms with van der Waals surface area (Å²) in [6, 6.07) is 9.68. The minimum atomic E-state index is -4.39. The van der Waals surface area contributed by atoms with Crippen molar-refractivity contribution in [1.29, 1.82) is 0 Å². The quantitative estimate of drug-likeness (QED) is 0.928. The molecular formula is C16H16F3NO. The lowest BCUT2D eigenvalue weighted by atomic mass is 9.80. The minimum absolute atomic E-state index is 0.246. The van der Waals surface area contributed by atoms with Gasteiger partial charge in [0.25, 0.3) is 0 Å². The highest BCUT2D eigenvalue weighted by Gasteiger charge is 2.37. The summed E-state index contributed by atoms with van der Waals surface area (Å²) in [5.74, 6) is -0.246. The SMILES string of the molecule is CC(C)C(O)(c1ccc(C(F)(F)F)cc1)c1ccccn1. The number of nitrogens with zero attached hydrogens (tertiary/aromatic N) is 1. The van der Waals surface area contributed by atoms with Crippen molar-refractivity contribution in [2.24, 2.45) is 5.92 Å². The summed E-state index contributed by atoms with van der Waals surface area (Å²) in [4.78, 5) is 4.15. The van der Waals surface area contributed by atoms with Gasteiger partial charge in [0.1, 0.15) is 5.60 Å². The molecule has 1 N–H and O–H groups in total. The molecule has 0 aliphatic carbocycles. The molecule has 21 heavy (non-hydrogen) atoms. The second kappa shape index (κ2) is 5.48. The zero-order valence-electron chi connectivity index (χ0n) is 11.7. The molecule has 1 atom stereocenters.